The van der Waals surface area contributed by atoms with Gasteiger partial charge in [-0.3, -0.25) is 0 Å². The summed E-state index contributed by atoms with van der Waals surface area (Å²) in [6.07, 6.45) is 18.6. The maximum atomic E-state index is 12.3. The van der Waals surface area contributed by atoms with E-state index in [2.05, 4.69) is 38.1 Å². The summed E-state index contributed by atoms with van der Waals surface area (Å²) in [5, 5.41) is 0. The zero-order valence-electron chi connectivity index (χ0n) is 31.9. The van der Waals surface area contributed by atoms with Crippen LogP contribution in [0, 0.1) is 11.8 Å². The van der Waals surface area contributed by atoms with Gasteiger partial charge < -0.3 is 0 Å². The fraction of sp³-hybridized carbons (Fsp3) is 0.733. The van der Waals surface area contributed by atoms with E-state index in [1.165, 1.54) is 146 Å². The van der Waals surface area contributed by atoms with Crippen LogP contribution in [0.4, 0.5) is 26.3 Å². The Bertz CT molecular complexity index is 1130. The van der Waals surface area contributed by atoms with Gasteiger partial charge in [-0.25, -0.2) is 0 Å². The monoisotopic (exact) mass is 723 g/mol. The Morgan fingerprint density at radius 3 is 1.06 bits per heavy atom. The van der Waals surface area contributed by atoms with Crippen LogP contribution >= 0.6 is 0 Å². The van der Waals surface area contributed by atoms with Gasteiger partial charge in [-0.1, -0.05) is 146 Å². The van der Waals surface area contributed by atoms with Crippen LogP contribution in [0.25, 0.3) is 0 Å². The Labute approximate surface area is 307 Å². The predicted molar refractivity (Wildman–Crippen MR) is 202 cm³/mol. The van der Waals surface area contributed by atoms with Crippen molar-refractivity contribution in [1.82, 2.24) is 0 Å². The van der Waals surface area contributed by atoms with Gasteiger partial charge >= 0.3 is 12.4 Å². The molecular weight excluding hydrogens is 654 g/mol. The normalized spacial score (nSPS) is 21.3. The summed E-state index contributed by atoms with van der Waals surface area (Å²) in [6.45, 7) is 4.51. The fourth-order valence-electron chi connectivity index (χ4n) is 8.30. The van der Waals surface area contributed by atoms with Crippen LogP contribution in [0.1, 0.15) is 196 Å². The highest BCUT2D eigenvalue weighted by Gasteiger charge is 2.28. The number of halogens is 6. The molecule has 0 heterocycles. The number of alkyl halides is 6. The second kappa shape index (κ2) is 23.6. The molecule has 0 spiro atoms. The highest BCUT2D eigenvalue weighted by Crippen LogP contribution is 2.39. The van der Waals surface area contributed by atoms with Crippen molar-refractivity contribution in [3.05, 3.63) is 70.8 Å². The molecule has 0 atom stereocenters. The number of hydrogen-bond acceptors (Lipinski definition) is 0. The van der Waals surface area contributed by atoms with Gasteiger partial charge in [0.2, 0.25) is 0 Å². The number of aryl methyl sites for hydroxylation is 2. The number of unbranched alkanes of at least 4 members (excludes halogenated alkanes) is 9. The molecule has 2 aliphatic rings. The van der Waals surface area contributed by atoms with E-state index in [-0.39, 0.29) is 12.8 Å². The Hall–Kier alpha value is -1.98. The lowest BCUT2D eigenvalue weighted by Gasteiger charge is -2.29. The Kier molecular flexibility index (Phi) is 20.1. The molecule has 2 aromatic rings. The van der Waals surface area contributed by atoms with Crippen molar-refractivity contribution in [3.63, 3.8) is 0 Å². The average Bonchev–Trinajstić information content (AvgIpc) is 3.12. The third-order valence-corrected chi connectivity index (χ3v) is 11.7. The Morgan fingerprint density at radius 2 is 0.745 bits per heavy atom. The molecule has 0 radical (unpaired) electrons. The molecule has 6 heteroatoms. The van der Waals surface area contributed by atoms with Crippen LogP contribution in [0.5, 0.6) is 0 Å². The zero-order chi connectivity index (χ0) is 37.0. The van der Waals surface area contributed by atoms with E-state index in [1.807, 2.05) is 24.3 Å². The molecule has 2 fully saturated rings. The first-order valence-electron chi connectivity index (χ1n) is 20.8. The molecule has 290 valence electrons. The van der Waals surface area contributed by atoms with Gasteiger partial charge in [-0.15, -0.1) is 0 Å². The van der Waals surface area contributed by atoms with Crippen molar-refractivity contribution >= 4 is 0 Å². The molecule has 0 amide bonds. The van der Waals surface area contributed by atoms with Crippen molar-refractivity contribution in [3.8, 4) is 0 Å². The molecule has 0 saturated heterocycles. The molecule has 2 aliphatic carbocycles. The van der Waals surface area contributed by atoms with Crippen LogP contribution in [0.15, 0.2) is 48.5 Å². The van der Waals surface area contributed by atoms with Gasteiger partial charge in [0.1, 0.15) is 0 Å². The summed E-state index contributed by atoms with van der Waals surface area (Å²) in [5.74, 6) is 2.99. The summed E-state index contributed by atoms with van der Waals surface area (Å²) in [7, 11) is 0. The first kappa shape index (κ1) is 43.4. The van der Waals surface area contributed by atoms with Crippen LogP contribution < -0.4 is 0 Å². The summed E-state index contributed by atoms with van der Waals surface area (Å²) < 4.78 is 73.8. The molecule has 0 nitrogen and oxygen atoms in total. The zero-order valence-corrected chi connectivity index (χ0v) is 31.9. The minimum Gasteiger partial charge on any atom is -0.171 e. The van der Waals surface area contributed by atoms with Gasteiger partial charge in [-0.05, 0) is 110 Å². The van der Waals surface area contributed by atoms with Crippen molar-refractivity contribution in [2.75, 3.05) is 0 Å². The molecule has 0 aromatic heterocycles. The molecule has 0 N–H and O–H groups in total. The minimum absolute atomic E-state index is 0.0918. The highest BCUT2D eigenvalue weighted by atomic mass is 19.4. The lowest BCUT2D eigenvalue weighted by atomic mass is 9.77. The first-order valence-corrected chi connectivity index (χ1v) is 20.8. The van der Waals surface area contributed by atoms with E-state index in [0.717, 1.165) is 23.0 Å². The standard InChI is InChI=1S/C23H35F3.C22H33F3/c1-2-3-4-5-6-7-8-19-9-13-21(14-10-19)22-15-11-20(12-16-22)17-18-23(24,25)26;1-2-3-4-5-6-7-18-8-12-20(13-9-18)21-14-10-19(11-15-21)16-17-22(23,24)25/h11-12,15-16,19,21H,2-10,13-14,17-18H2,1H3;10-11,14-15,18,20H,2-9,12-13,16-17H2,1H3/t19-,21-;18-,20-. The van der Waals surface area contributed by atoms with Gasteiger partial charge in [0.05, 0.1) is 0 Å². The van der Waals surface area contributed by atoms with E-state index >= 15 is 0 Å². The van der Waals surface area contributed by atoms with Crippen molar-refractivity contribution in [1.29, 1.82) is 0 Å². The van der Waals surface area contributed by atoms with Gasteiger partial charge in [0.15, 0.2) is 0 Å². The number of benzene rings is 2. The molecule has 4 rings (SSSR count). The third kappa shape index (κ3) is 19.1. The van der Waals surface area contributed by atoms with E-state index in [1.54, 1.807) is 0 Å². The van der Waals surface area contributed by atoms with Crippen molar-refractivity contribution < 1.29 is 26.3 Å². The van der Waals surface area contributed by atoms with Crippen LogP contribution in [0.3, 0.4) is 0 Å². The van der Waals surface area contributed by atoms with Crippen LogP contribution in [0.2, 0.25) is 0 Å². The van der Waals surface area contributed by atoms with Gasteiger partial charge in [0.25, 0.3) is 0 Å². The smallest absolute Gasteiger partial charge is 0.171 e. The lowest BCUT2D eigenvalue weighted by molar-refractivity contribution is -0.134. The van der Waals surface area contributed by atoms with E-state index in [9.17, 15) is 26.3 Å². The van der Waals surface area contributed by atoms with Gasteiger partial charge in [-0.2, -0.15) is 26.3 Å². The van der Waals surface area contributed by atoms with Crippen LogP contribution in [-0.4, -0.2) is 12.4 Å². The first-order chi connectivity index (χ1) is 24.5. The third-order valence-electron chi connectivity index (χ3n) is 11.7. The maximum Gasteiger partial charge on any atom is 0.389 e. The molecular formula is C45H68F6. The van der Waals surface area contributed by atoms with Crippen molar-refractivity contribution in [2.24, 2.45) is 11.8 Å². The summed E-state index contributed by atoms with van der Waals surface area (Å²) in [5.41, 5.74) is 4.22. The predicted octanol–water partition coefficient (Wildman–Crippen LogP) is 16.0. The topological polar surface area (TPSA) is 0 Å². The SMILES string of the molecule is CCCCCCCC[C@H]1CC[C@H](c2ccc(CCC(F)(F)F)cc2)CC1.CCCCCCC[C@H]1CC[C@H](c2ccc(CCC(F)(F)F)cc2)CC1. The van der Waals surface area contributed by atoms with Crippen LogP contribution in [-0.2, 0) is 12.8 Å². The van der Waals surface area contributed by atoms with Gasteiger partial charge in [0, 0.05) is 12.8 Å². The quantitative estimate of drug-likeness (QED) is 0.100. The number of hydrogen-bond donors (Lipinski definition) is 0. The number of rotatable bonds is 19. The Balaban J connectivity index is 0.000000276. The molecule has 2 aromatic carbocycles. The molecule has 2 saturated carbocycles. The van der Waals surface area contributed by atoms with E-state index < -0.39 is 25.2 Å². The summed E-state index contributed by atoms with van der Waals surface area (Å²) in [6, 6.07) is 15.8. The summed E-state index contributed by atoms with van der Waals surface area (Å²) >= 11 is 0. The average molecular weight is 723 g/mol. The maximum absolute atomic E-state index is 12.3. The van der Waals surface area contributed by atoms with Crippen molar-refractivity contribution in [2.45, 2.75) is 199 Å². The minimum atomic E-state index is -4.06. The molecule has 0 aliphatic heterocycles. The van der Waals surface area contributed by atoms with E-state index in [4.69, 9.17) is 0 Å². The highest BCUT2D eigenvalue weighted by molar-refractivity contribution is 5.27. The second-order valence-corrected chi connectivity index (χ2v) is 15.9. The lowest BCUT2D eigenvalue weighted by Crippen LogP contribution is -2.13. The molecule has 0 bridgehead atoms. The summed E-state index contributed by atoms with van der Waals surface area (Å²) in [4.78, 5) is 0. The molecule has 0 unspecified atom stereocenters. The fourth-order valence-corrected chi connectivity index (χ4v) is 8.30. The Morgan fingerprint density at radius 1 is 0.431 bits per heavy atom. The largest absolute Gasteiger partial charge is 0.389 e. The second-order valence-electron chi connectivity index (χ2n) is 15.9. The molecule has 51 heavy (non-hydrogen) atoms. The van der Waals surface area contributed by atoms with E-state index in [0.29, 0.717) is 11.8 Å².